The van der Waals surface area contributed by atoms with E-state index in [1.54, 1.807) is 6.07 Å². The number of carbonyl (C=O) groups is 1. The molecule has 0 heterocycles. The van der Waals surface area contributed by atoms with Crippen molar-refractivity contribution < 1.29 is 32.5 Å². The highest BCUT2D eigenvalue weighted by Gasteiger charge is 2.31. The van der Waals surface area contributed by atoms with Gasteiger partial charge in [-0.15, -0.1) is 13.2 Å². The van der Waals surface area contributed by atoms with Gasteiger partial charge in [-0.25, -0.2) is 4.79 Å². The molecule has 0 amide bonds. The molecule has 0 saturated carbocycles. The lowest BCUT2D eigenvalue weighted by Gasteiger charge is -2.11. The second-order valence-electron chi connectivity index (χ2n) is 3.93. The molecule has 1 N–H and O–H groups in total. The largest absolute Gasteiger partial charge is 0.573 e. The fourth-order valence-electron chi connectivity index (χ4n) is 1.59. The summed E-state index contributed by atoms with van der Waals surface area (Å²) < 4.78 is 45.4. The average Bonchev–Trinajstić information content (AvgIpc) is 2.37. The molecular weight excluding hydrogens is 289 g/mol. The summed E-state index contributed by atoms with van der Waals surface area (Å²) in [6, 6.07) is 10.6. The van der Waals surface area contributed by atoms with Crippen molar-refractivity contribution in [2.45, 2.75) is 6.36 Å². The first-order chi connectivity index (χ1) is 9.85. The van der Waals surface area contributed by atoms with Crippen molar-refractivity contribution in [2.75, 3.05) is 0 Å². The van der Waals surface area contributed by atoms with E-state index in [0.29, 0.717) is 0 Å². The van der Waals surface area contributed by atoms with Crippen LogP contribution in [-0.2, 0) is 0 Å². The van der Waals surface area contributed by atoms with E-state index < -0.39 is 18.1 Å². The molecule has 0 spiro atoms. The number of para-hydroxylation sites is 1. The van der Waals surface area contributed by atoms with Gasteiger partial charge in [0.25, 0.3) is 0 Å². The number of alkyl halides is 3. The SMILES string of the molecule is O=C(O)c1ccccc1Oc1cccc(OC(F)(F)F)c1. The first-order valence-electron chi connectivity index (χ1n) is 5.71. The second-order valence-corrected chi connectivity index (χ2v) is 3.93. The molecule has 0 aliphatic carbocycles. The summed E-state index contributed by atoms with van der Waals surface area (Å²) in [6.07, 6.45) is -4.81. The van der Waals surface area contributed by atoms with Crippen LogP contribution in [0.1, 0.15) is 10.4 Å². The van der Waals surface area contributed by atoms with Gasteiger partial charge in [0.05, 0.1) is 0 Å². The molecule has 2 rings (SSSR count). The molecule has 2 aromatic carbocycles. The highest BCUT2D eigenvalue weighted by Crippen LogP contribution is 2.30. The summed E-state index contributed by atoms with van der Waals surface area (Å²) in [5.41, 5.74) is -0.0976. The predicted octanol–water partition coefficient (Wildman–Crippen LogP) is 4.08. The minimum atomic E-state index is -4.81. The fraction of sp³-hybridized carbons (Fsp3) is 0.0714. The number of carboxylic acids is 1. The van der Waals surface area contributed by atoms with Gasteiger partial charge in [-0.3, -0.25) is 0 Å². The number of carboxylic acid groups (broad SMARTS) is 1. The number of ether oxygens (including phenoxy) is 2. The van der Waals surface area contributed by atoms with Crippen molar-refractivity contribution in [3.8, 4) is 17.2 Å². The lowest BCUT2D eigenvalue weighted by Crippen LogP contribution is -2.17. The molecule has 0 aliphatic rings. The Hall–Kier alpha value is -2.70. The van der Waals surface area contributed by atoms with Crippen LogP contribution < -0.4 is 9.47 Å². The summed E-state index contributed by atoms with van der Waals surface area (Å²) in [6.45, 7) is 0. The average molecular weight is 298 g/mol. The van der Waals surface area contributed by atoms with Crippen LogP contribution in [0.4, 0.5) is 13.2 Å². The monoisotopic (exact) mass is 298 g/mol. The third kappa shape index (κ3) is 4.13. The molecule has 0 bridgehead atoms. The van der Waals surface area contributed by atoms with Crippen LogP contribution in [0.3, 0.4) is 0 Å². The minimum absolute atomic E-state index is 0.0224. The summed E-state index contributed by atoms with van der Waals surface area (Å²) in [7, 11) is 0. The molecular formula is C14H9F3O4. The Kier molecular flexibility index (Phi) is 4.02. The summed E-state index contributed by atoms with van der Waals surface area (Å²) in [5, 5.41) is 9.00. The van der Waals surface area contributed by atoms with Crippen molar-refractivity contribution in [3.63, 3.8) is 0 Å². The van der Waals surface area contributed by atoms with Gasteiger partial charge >= 0.3 is 12.3 Å². The van der Waals surface area contributed by atoms with Gasteiger partial charge in [-0.2, -0.15) is 0 Å². The molecule has 4 nitrogen and oxygen atoms in total. The van der Waals surface area contributed by atoms with E-state index in [1.165, 1.54) is 30.3 Å². The highest BCUT2D eigenvalue weighted by molar-refractivity contribution is 5.90. The van der Waals surface area contributed by atoms with Crippen molar-refractivity contribution >= 4 is 5.97 Å². The first kappa shape index (κ1) is 14.7. The maximum absolute atomic E-state index is 12.1. The highest BCUT2D eigenvalue weighted by atomic mass is 19.4. The molecule has 0 saturated heterocycles. The summed E-state index contributed by atoms with van der Waals surface area (Å²) >= 11 is 0. The Morgan fingerprint density at radius 2 is 1.67 bits per heavy atom. The summed E-state index contributed by atoms with van der Waals surface area (Å²) in [5.74, 6) is -1.60. The molecule has 0 fully saturated rings. The standard InChI is InChI=1S/C14H9F3O4/c15-14(16,17)21-10-5-3-4-9(8-10)20-12-7-2-1-6-11(12)13(18)19/h1-8H,(H,18,19). The number of hydrogen-bond donors (Lipinski definition) is 1. The molecule has 21 heavy (non-hydrogen) atoms. The topological polar surface area (TPSA) is 55.8 Å². The Morgan fingerprint density at radius 1 is 1.00 bits per heavy atom. The van der Waals surface area contributed by atoms with Gasteiger partial charge in [0, 0.05) is 6.07 Å². The number of aromatic carboxylic acids is 1. The number of benzene rings is 2. The maximum Gasteiger partial charge on any atom is 0.573 e. The van der Waals surface area contributed by atoms with E-state index >= 15 is 0 Å². The molecule has 0 aromatic heterocycles. The molecule has 0 radical (unpaired) electrons. The molecule has 7 heteroatoms. The number of halogens is 3. The third-order valence-corrected chi connectivity index (χ3v) is 2.38. The van der Waals surface area contributed by atoms with Crippen molar-refractivity contribution in [1.82, 2.24) is 0 Å². The molecule has 110 valence electrons. The summed E-state index contributed by atoms with van der Waals surface area (Å²) in [4.78, 5) is 11.0. The van der Waals surface area contributed by atoms with E-state index in [0.717, 1.165) is 12.1 Å². The quantitative estimate of drug-likeness (QED) is 0.924. The zero-order chi connectivity index (χ0) is 15.5. The van der Waals surface area contributed by atoms with Gasteiger partial charge in [0.15, 0.2) is 0 Å². The van der Waals surface area contributed by atoms with E-state index in [4.69, 9.17) is 9.84 Å². The van der Waals surface area contributed by atoms with Gasteiger partial charge in [0.2, 0.25) is 0 Å². The van der Waals surface area contributed by atoms with Crippen LogP contribution in [0.25, 0.3) is 0 Å². The Balaban J connectivity index is 2.25. The minimum Gasteiger partial charge on any atom is -0.478 e. The van der Waals surface area contributed by atoms with Gasteiger partial charge in [-0.05, 0) is 24.3 Å². The van der Waals surface area contributed by atoms with Crippen molar-refractivity contribution in [3.05, 3.63) is 54.1 Å². The van der Waals surface area contributed by atoms with E-state index in [9.17, 15) is 18.0 Å². The Morgan fingerprint density at radius 3 is 2.33 bits per heavy atom. The van der Waals surface area contributed by atoms with E-state index in [2.05, 4.69) is 4.74 Å². The Bertz CT molecular complexity index is 653. The van der Waals surface area contributed by atoms with Gasteiger partial charge < -0.3 is 14.6 Å². The number of hydrogen-bond acceptors (Lipinski definition) is 3. The van der Waals surface area contributed by atoms with Crippen LogP contribution >= 0.6 is 0 Å². The van der Waals surface area contributed by atoms with E-state index in [1.807, 2.05) is 0 Å². The van der Waals surface area contributed by atoms with Crippen LogP contribution in [-0.4, -0.2) is 17.4 Å². The molecule has 0 unspecified atom stereocenters. The molecule has 0 atom stereocenters. The number of rotatable bonds is 4. The second kappa shape index (κ2) is 5.74. The molecule has 2 aromatic rings. The van der Waals surface area contributed by atoms with Gasteiger partial charge in [0.1, 0.15) is 22.8 Å². The zero-order valence-corrected chi connectivity index (χ0v) is 10.4. The van der Waals surface area contributed by atoms with Crippen LogP contribution in [0.5, 0.6) is 17.2 Å². The lowest BCUT2D eigenvalue weighted by atomic mass is 10.2. The molecule has 0 aliphatic heterocycles. The smallest absolute Gasteiger partial charge is 0.478 e. The lowest BCUT2D eigenvalue weighted by molar-refractivity contribution is -0.274. The van der Waals surface area contributed by atoms with Crippen LogP contribution in [0.15, 0.2) is 48.5 Å². The van der Waals surface area contributed by atoms with Crippen LogP contribution in [0, 0.1) is 0 Å². The first-order valence-corrected chi connectivity index (χ1v) is 5.71. The fourth-order valence-corrected chi connectivity index (χ4v) is 1.59. The van der Waals surface area contributed by atoms with Crippen molar-refractivity contribution in [2.24, 2.45) is 0 Å². The van der Waals surface area contributed by atoms with Gasteiger partial charge in [-0.1, -0.05) is 18.2 Å². The predicted molar refractivity (Wildman–Crippen MR) is 66.6 cm³/mol. The zero-order valence-electron chi connectivity index (χ0n) is 10.4. The normalized spacial score (nSPS) is 11.0. The van der Waals surface area contributed by atoms with Crippen molar-refractivity contribution in [1.29, 1.82) is 0 Å². The maximum atomic E-state index is 12.1. The van der Waals surface area contributed by atoms with Crippen LogP contribution in [0.2, 0.25) is 0 Å². The third-order valence-electron chi connectivity index (χ3n) is 2.38. The van der Waals surface area contributed by atoms with E-state index in [-0.39, 0.29) is 17.1 Å². The Labute approximate surface area is 117 Å².